The molecule has 2 atom stereocenters. The maximum Gasteiger partial charge on any atom is 0.243 e. The van der Waals surface area contributed by atoms with Crippen molar-refractivity contribution in [2.24, 2.45) is 7.05 Å². The number of aromatic nitrogens is 4. The van der Waals surface area contributed by atoms with Crippen LogP contribution in [0.4, 0.5) is 0 Å². The maximum atomic E-state index is 14.0. The molecule has 0 amide bonds. The van der Waals surface area contributed by atoms with E-state index in [1.807, 2.05) is 14.0 Å². The minimum atomic E-state index is -3.74. The second-order valence-electron chi connectivity index (χ2n) is 10.3. The van der Waals surface area contributed by atoms with Crippen LogP contribution in [0.1, 0.15) is 53.7 Å². The van der Waals surface area contributed by atoms with Gasteiger partial charge in [0.25, 0.3) is 0 Å². The Morgan fingerprint density at radius 1 is 1.13 bits per heavy atom. The van der Waals surface area contributed by atoms with E-state index in [0.717, 1.165) is 47.1 Å². The number of fused-ring (bicyclic) bond motifs is 1. The van der Waals surface area contributed by atoms with Crippen LogP contribution in [0.2, 0.25) is 0 Å². The summed E-state index contributed by atoms with van der Waals surface area (Å²) in [4.78, 5) is 8.29. The van der Waals surface area contributed by atoms with Crippen LogP contribution in [0.5, 0.6) is 5.75 Å². The number of nitrogens with zero attached hydrogens (tertiary/aromatic N) is 5. The summed E-state index contributed by atoms with van der Waals surface area (Å²) in [6.45, 7) is 16.1. The van der Waals surface area contributed by atoms with E-state index < -0.39 is 10.0 Å². The summed E-state index contributed by atoms with van der Waals surface area (Å²) in [7, 11) is -1.88. The van der Waals surface area contributed by atoms with Gasteiger partial charge >= 0.3 is 0 Å². The fourth-order valence-corrected chi connectivity index (χ4v) is 8.13. The largest absolute Gasteiger partial charge is 0.493 e. The van der Waals surface area contributed by atoms with Gasteiger partial charge in [-0.3, -0.25) is 4.68 Å². The lowest BCUT2D eigenvalue weighted by Gasteiger charge is -2.52. The first-order valence-electron chi connectivity index (χ1n) is 13.6. The molecule has 38 heavy (non-hydrogen) atoms. The summed E-state index contributed by atoms with van der Waals surface area (Å²) in [5.74, 6) is 1.03. The number of nitrogens with one attached hydrogen (secondary N) is 1. The van der Waals surface area contributed by atoms with E-state index >= 15 is 0 Å². The van der Waals surface area contributed by atoms with Crippen molar-refractivity contribution in [2.45, 2.75) is 71.4 Å². The SMILES string of the molecule is CCCc1nn(C)c2c(=S)nc(-c3cc(S(=O)(=O)N4C[C@@H](C)[N+](CC)(CC)[C@@H](C)C4)ccc3OCC)[nH]c12. The maximum absolute atomic E-state index is 14.0. The Morgan fingerprint density at radius 3 is 2.37 bits per heavy atom. The minimum Gasteiger partial charge on any atom is -0.493 e. The van der Waals surface area contributed by atoms with Crippen LogP contribution in [0.25, 0.3) is 22.4 Å². The standard InChI is InChI=1S/C27H40N6O3S2/c1-8-12-22-24-25(31(7)30-22)27(37)29-26(28-24)21-15-20(13-14-23(21)36-11-4)38(34,35)32-16-18(5)33(9-2,10-3)19(6)17-32/h13-15,18-19H,8-12,16-17H2,1-7H3/p+1/t18-,19+. The molecule has 208 valence electrons. The van der Waals surface area contributed by atoms with Crippen molar-refractivity contribution < 1.29 is 17.6 Å². The lowest BCUT2D eigenvalue weighted by Crippen LogP contribution is -2.69. The van der Waals surface area contributed by atoms with E-state index in [9.17, 15) is 8.42 Å². The van der Waals surface area contributed by atoms with Gasteiger partial charge < -0.3 is 14.2 Å². The molecule has 0 aliphatic carbocycles. The summed E-state index contributed by atoms with van der Waals surface area (Å²) in [5, 5.41) is 4.64. The highest BCUT2D eigenvalue weighted by Gasteiger charge is 2.45. The molecule has 4 rings (SSSR count). The fourth-order valence-electron chi connectivity index (χ4n) is 6.17. The Labute approximate surface area is 231 Å². The van der Waals surface area contributed by atoms with E-state index in [1.54, 1.807) is 27.2 Å². The Morgan fingerprint density at radius 2 is 1.79 bits per heavy atom. The Hall–Kier alpha value is -2.34. The molecule has 0 spiro atoms. The van der Waals surface area contributed by atoms with E-state index in [2.05, 4.69) is 49.7 Å². The van der Waals surface area contributed by atoms with Crippen molar-refractivity contribution in [1.82, 2.24) is 24.1 Å². The number of aromatic amines is 1. The predicted molar refractivity (Wildman–Crippen MR) is 153 cm³/mol. The van der Waals surface area contributed by atoms with Gasteiger partial charge in [0.15, 0.2) is 4.64 Å². The number of quaternary nitrogens is 1. The molecule has 0 bridgehead atoms. The van der Waals surface area contributed by atoms with E-state index in [-0.39, 0.29) is 17.0 Å². The van der Waals surface area contributed by atoms with Crippen molar-refractivity contribution in [1.29, 1.82) is 0 Å². The predicted octanol–water partition coefficient (Wildman–Crippen LogP) is 4.68. The molecule has 1 saturated heterocycles. The molecular weight excluding hydrogens is 520 g/mol. The lowest BCUT2D eigenvalue weighted by molar-refractivity contribution is -0.970. The molecule has 0 unspecified atom stereocenters. The van der Waals surface area contributed by atoms with Crippen molar-refractivity contribution in [3.8, 4) is 17.1 Å². The molecule has 1 aromatic carbocycles. The number of sulfonamides is 1. The second-order valence-corrected chi connectivity index (χ2v) is 12.6. The highest BCUT2D eigenvalue weighted by molar-refractivity contribution is 7.89. The summed E-state index contributed by atoms with van der Waals surface area (Å²) in [5.41, 5.74) is 3.06. The van der Waals surface area contributed by atoms with Crippen molar-refractivity contribution >= 4 is 33.3 Å². The van der Waals surface area contributed by atoms with Gasteiger partial charge in [-0.05, 0) is 59.2 Å². The summed E-state index contributed by atoms with van der Waals surface area (Å²) in [6, 6.07) is 5.43. The fraction of sp³-hybridized carbons (Fsp3) is 0.593. The zero-order chi connectivity index (χ0) is 27.8. The monoisotopic (exact) mass is 561 g/mol. The van der Waals surface area contributed by atoms with Crippen LogP contribution >= 0.6 is 12.2 Å². The van der Waals surface area contributed by atoms with Gasteiger partial charge in [0, 0.05) is 7.05 Å². The zero-order valence-electron chi connectivity index (χ0n) is 23.6. The number of rotatable bonds is 9. The van der Waals surface area contributed by atoms with Crippen LogP contribution in [-0.2, 0) is 23.5 Å². The molecule has 3 aromatic rings. The van der Waals surface area contributed by atoms with Crippen LogP contribution in [0, 0.1) is 4.64 Å². The number of likely N-dealkylation sites (N-methyl/N-ethyl adjacent to an activating group) is 1. The van der Waals surface area contributed by atoms with Gasteiger partial charge in [-0.15, -0.1) is 0 Å². The number of H-pyrrole nitrogens is 1. The van der Waals surface area contributed by atoms with E-state index in [0.29, 0.717) is 41.5 Å². The molecule has 1 fully saturated rings. The Bertz CT molecular complexity index is 1460. The van der Waals surface area contributed by atoms with E-state index in [4.69, 9.17) is 17.0 Å². The topological polar surface area (TPSA) is 93.1 Å². The van der Waals surface area contributed by atoms with Crippen LogP contribution in [0.15, 0.2) is 23.1 Å². The minimum absolute atomic E-state index is 0.202. The first-order chi connectivity index (χ1) is 18.0. The Balaban J connectivity index is 1.81. The first kappa shape index (κ1) is 28.7. The third-order valence-electron chi connectivity index (χ3n) is 8.28. The van der Waals surface area contributed by atoms with Crippen molar-refractivity contribution in [3.05, 3.63) is 28.5 Å². The van der Waals surface area contributed by atoms with Crippen LogP contribution < -0.4 is 4.74 Å². The molecule has 9 nitrogen and oxygen atoms in total. The first-order valence-corrected chi connectivity index (χ1v) is 15.5. The lowest BCUT2D eigenvalue weighted by atomic mass is 10.0. The Kier molecular flexibility index (Phi) is 8.32. The van der Waals surface area contributed by atoms with Gasteiger partial charge in [-0.25, -0.2) is 13.4 Å². The molecule has 0 saturated carbocycles. The van der Waals surface area contributed by atoms with Crippen LogP contribution in [0.3, 0.4) is 0 Å². The quantitative estimate of drug-likeness (QED) is 0.301. The molecule has 1 aliphatic heterocycles. The smallest absolute Gasteiger partial charge is 0.243 e. The molecule has 2 aromatic heterocycles. The van der Waals surface area contributed by atoms with Crippen LogP contribution in [-0.4, -0.2) is 81.8 Å². The van der Waals surface area contributed by atoms with Gasteiger partial charge in [0.2, 0.25) is 10.0 Å². The summed E-state index contributed by atoms with van der Waals surface area (Å²) >= 11 is 5.65. The average Bonchev–Trinajstić information content (AvgIpc) is 3.20. The zero-order valence-corrected chi connectivity index (χ0v) is 25.2. The second kappa shape index (κ2) is 11.0. The molecule has 1 aliphatic rings. The molecule has 1 N–H and O–H groups in total. The van der Waals surface area contributed by atoms with Gasteiger partial charge in [0.1, 0.15) is 29.2 Å². The highest BCUT2D eigenvalue weighted by atomic mass is 32.2. The number of ether oxygens (including phenoxy) is 1. The van der Waals surface area contributed by atoms with Crippen molar-refractivity contribution in [3.63, 3.8) is 0 Å². The van der Waals surface area contributed by atoms with Gasteiger partial charge in [0.05, 0.1) is 54.5 Å². The number of hydrogen-bond acceptors (Lipinski definition) is 6. The molecule has 3 heterocycles. The summed E-state index contributed by atoms with van der Waals surface area (Å²) in [6.07, 6.45) is 1.73. The summed E-state index contributed by atoms with van der Waals surface area (Å²) < 4.78 is 38.5. The third kappa shape index (κ3) is 4.78. The van der Waals surface area contributed by atoms with Crippen molar-refractivity contribution in [2.75, 3.05) is 32.8 Å². The average molecular weight is 562 g/mol. The van der Waals surface area contributed by atoms with Gasteiger partial charge in [-0.1, -0.05) is 25.6 Å². The van der Waals surface area contributed by atoms with Gasteiger partial charge in [-0.2, -0.15) is 9.40 Å². The third-order valence-corrected chi connectivity index (χ3v) is 10.4. The number of piperazine rings is 1. The molecule has 0 radical (unpaired) electrons. The number of hydrogen-bond donors (Lipinski definition) is 1. The molecular formula is C27H41N6O3S2+. The van der Waals surface area contributed by atoms with E-state index in [1.165, 1.54) is 0 Å². The molecule has 11 heteroatoms. The number of aryl methyl sites for hydroxylation is 2. The normalized spacial score (nSPS) is 20.2. The highest BCUT2D eigenvalue weighted by Crippen LogP contribution is 2.35. The number of benzene rings is 1.